The number of fused-ring (bicyclic) bond motifs is 1. The molecule has 39 heavy (non-hydrogen) atoms. The SMILES string of the molecule is CCN(C(=O)C(CCSC)NC(=O)OC(C)(C)C)C(C(=O)Nc1ccc2ccccc2c1)c1ccc(C)cc1. The lowest BCUT2D eigenvalue weighted by molar-refractivity contribution is -0.140. The Morgan fingerprint density at radius 2 is 1.64 bits per heavy atom. The average molecular weight is 550 g/mol. The summed E-state index contributed by atoms with van der Waals surface area (Å²) in [6.07, 6.45) is 1.69. The Kier molecular flexibility index (Phi) is 10.4. The molecule has 0 aliphatic heterocycles. The van der Waals surface area contributed by atoms with E-state index in [1.54, 1.807) is 32.5 Å². The lowest BCUT2D eigenvalue weighted by Crippen LogP contribution is -2.52. The molecule has 0 fully saturated rings. The summed E-state index contributed by atoms with van der Waals surface area (Å²) in [6.45, 7) is 9.40. The Morgan fingerprint density at radius 3 is 2.26 bits per heavy atom. The number of anilines is 1. The quantitative estimate of drug-likeness (QED) is 0.309. The molecule has 2 N–H and O–H groups in total. The Bertz CT molecular complexity index is 1290. The molecule has 0 radical (unpaired) electrons. The topological polar surface area (TPSA) is 87.7 Å². The minimum Gasteiger partial charge on any atom is -0.444 e. The molecular weight excluding hydrogens is 510 g/mol. The van der Waals surface area contributed by atoms with Gasteiger partial charge in [-0.15, -0.1) is 0 Å². The van der Waals surface area contributed by atoms with Crippen molar-refractivity contribution in [2.45, 2.75) is 58.7 Å². The second kappa shape index (κ2) is 13.5. The number of hydrogen-bond acceptors (Lipinski definition) is 5. The monoisotopic (exact) mass is 549 g/mol. The van der Waals surface area contributed by atoms with Crippen LogP contribution in [-0.2, 0) is 14.3 Å². The molecule has 0 bridgehead atoms. The highest BCUT2D eigenvalue weighted by molar-refractivity contribution is 7.98. The van der Waals surface area contributed by atoms with Crippen LogP contribution in [0.3, 0.4) is 0 Å². The molecule has 0 aromatic heterocycles. The van der Waals surface area contributed by atoms with Crippen LogP contribution < -0.4 is 10.6 Å². The van der Waals surface area contributed by atoms with Gasteiger partial charge in [0.05, 0.1) is 0 Å². The minimum atomic E-state index is -0.896. The van der Waals surface area contributed by atoms with E-state index in [0.717, 1.165) is 16.3 Å². The number of likely N-dealkylation sites (N-methyl/N-ethyl adjacent to an activating group) is 1. The van der Waals surface area contributed by atoms with Crippen LogP contribution in [0.5, 0.6) is 0 Å². The van der Waals surface area contributed by atoms with Gasteiger partial charge in [0.2, 0.25) is 5.91 Å². The first kappa shape index (κ1) is 30.0. The van der Waals surface area contributed by atoms with E-state index < -0.39 is 23.8 Å². The highest BCUT2D eigenvalue weighted by Gasteiger charge is 2.35. The largest absolute Gasteiger partial charge is 0.444 e. The number of benzene rings is 3. The van der Waals surface area contributed by atoms with E-state index in [1.807, 2.05) is 86.8 Å². The zero-order valence-corrected chi connectivity index (χ0v) is 24.4. The number of hydrogen-bond donors (Lipinski definition) is 2. The fourth-order valence-electron chi connectivity index (χ4n) is 4.31. The zero-order chi connectivity index (χ0) is 28.6. The second-order valence-electron chi connectivity index (χ2n) is 10.5. The van der Waals surface area contributed by atoms with Crippen molar-refractivity contribution in [3.63, 3.8) is 0 Å². The van der Waals surface area contributed by atoms with Gasteiger partial charge in [0, 0.05) is 12.2 Å². The molecule has 0 heterocycles. The molecule has 0 saturated heterocycles. The molecule has 7 nitrogen and oxygen atoms in total. The van der Waals surface area contributed by atoms with Crippen molar-refractivity contribution in [3.8, 4) is 0 Å². The summed E-state index contributed by atoms with van der Waals surface area (Å²) in [5, 5.41) is 7.85. The molecule has 2 unspecified atom stereocenters. The van der Waals surface area contributed by atoms with Crippen LogP contribution in [-0.4, -0.2) is 53.0 Å². The predicted octanol–water partition coefficient (Wildman–Crippen LogP) is 6.32. The lowest BCUT2D eigenvalue weighted by atomic mass is 10.0. The normalized spacial score (nSPS) is 12.9. The molecule has 3 aromatic carbocycles. The smallest absolute Gasteiger partial charge is 0.408 e. The third kappa shape index (κ3) is 8.48. The first-order valence-electron chi connectivity index (χ1n) is 13.2. The van der Waals surface area contributed by atoms with Gasteiger partial charge in [-0.3, -0.25) is 9.59 Å². The predicted molar refractivity (Wildman–Crippen MR) is 160 cm³/mol. The van der Waals surface area contributed by atoms with Gasteiger partial charge in [-0.05, 0) is 81.5 Å². The summed E-state index contributed by atoms with van der Waals surface area (Å²) in [7, 11) is 0. The molecule has 2 atom stereocenters. The molecule has 3 aromatic rings. The molecule has 3 amide bonds. The third-order valence-electron chi connectivity index (χ3n) is 6.19. The molecule has 208 valence electrons. The molecule has 8 heteroatoms. The average Bonchev–Trinajstić information content (AvgIpc) is 2.88. The van der Waals surface area contributed by atoms with Crippen LogP contribution in [0.2, 0.25) is 0 Å². The summed E-state index contributed by atoms with van der Waals surface area (Å²) in [5.41, 5.74) is 1.68. The van der Waals surface area contributed by atoms with Gasteiger partial charge < -0.3 is 20.3 Å². The number of ether oxygens (including phenoxy) is 1. The van der Waals surface area contributed by atoms with E-state index in [-0.39, 0.29) is 18.4 Å². The van der Waals surface area contributed by atoms with E-state index in [0.29, 0.717) is 23.4 Å². The summed E-state index contributed by atoms with van der Waals surface area (Å²) >= 11 is 1.58. The molecule has 0 aliphatic rings. The number of carbonyl (C=O) groups is 3. The molecule has 0 saturated carbocycles. The number of rotatable bonds is 10. The van der Waals surface area contributed by atoms with Gasteiger partial charge in [0.1, 0.15) is 17.7 Å². The maximum Gasteiger partial charge on any atom is 0.408 e. The van der Waals surface area contributed by atoms with E-state index in [9.17, 15) is 14.4 Å². The van der Waals surface area contributed by atoms with E-state index in [2.05, 4.69) is 10.6 Å². The Morgan fingerprint density at radius 1 is 0.974 bits per heavy atom. The Hall–Kier alpha value is -3.52. The third-order valence-corrected chi connectivity index (χ3v) is 6.84. The number of thioether (sulfide) groups is 1. The molecule has 0 spiro atoms. The van der Waals surface area contributed by atoms with Gasteiger partial charge in [0.25, 0.3) is 5.91 Å². The van der Waals surface area contributed by atoms with Gasteiger partial charge in [0.15, 0.2) is 0 Å². The maximum atomic E-state index is 14.0. The van der Waals surface area contributed by atoms with E-state index in [1.165, 1.54) is 4.90 Å². The standard InChI is InChI=1S/C31H39N3O4S/c1-7-34(29(36)26(18-19-39-6)33-30(37)38-31(3,4)5)27(23-14-12-21(2)13-15-23)28(35)32-25-17-16-22-10-8-9-11-24(22)20-25/h8-17,20,26-27H,7,18-19H2,1-6H3,(H,32,35)(H,33,37). The number of aryl methyl sites for hydroxylation is 1. The number of nitrogens with one attached hydrogen (secondary N) is 2. The zero-order valence-electron chi connectivity index (χ0n) is 23.6. The summed E-state index contributed by atoms with van der Waals surface area (Å²) in [6, 6.07) is 19.5. The van der Waals surface area contributed by atoms with Crippen molar-refractivity contribution in [2.75, 3.05) is 23.9 Å². The number of amides is 3. The van der Waals surface area contributed by atoms with Gasteiger partial charge in [-0.2, -0.15) is 11.8 Å². The van der Waals surface area contributed by atoms with Crippen LogP contribution in [0, 0.1) is 6.92 Å². The number of nitrogens with zero attached hydrogens (tertiary/aromatic N) is 1. The van der Waals surface area contributed by atoms with Crippen LogP contribution in [0.25, 0.3) is 10.8 Å². The number of alkyl carbamates (subject to hydrolysis) is 1. The Balaban J connectivity index is 1.94. The second-order valence-corrected chi connectivity index (χ2v) is 11.5. The molecule has 3 rings (SSSR count). The van der Waals surface area contributed by atoms with E-state index >= 15 is 0 Å². The fraction of sp³-hybridized carbons (Fsp3) is 0.387. The summed E-state index contributed by atoms with van der Waals surface area (Å²) in [5.74, 6) is -0.00994. The summed E-state index contributed by atoms with van der Waals surface area (Å²) in [4.78, 5) is 42.0. The maximum absolute atomic E-state index is 14.0. The lowest BCUT2D eigenvalue weighted by Gasteiger charge is -2.33. The molecular formula is C31H39N3O4S. The van der Waals surface area contributed by atoms with Crippen LogP contribution in [0.1, 0.15) is 51.3 Å². The van der Waals surface area contributed by atoms with Crippen molar-refractivity contribution in [2.24, 2.45) is 0 Å². The van der Waals surface area contributed by atoms with Crippen molar-refractivity contribution in [3.05, 3.63) is 77.9 Å². The van der Waals surface area contributed by atoms with Gasteiger partial charge in [-0.1, -0.05) is 60.2 Å². The van der Waals surface area contributed by atoms with Crippen molar-refractivity contribution in [1.29, 1.82) is 0 Å². The first-order valence-corrected chi connectivity index (χ1v) is 14.6. The summed E-state index contributed by atoms with van der Waals surface area (Å²) < 4.78 is 5.42. The van der Waals surface area contributed by atoms with Gasteiger partial charge >= 0.3 is 6.09 Å². The van der Waals surface area contributed by atoms with Crippen LogP contribution in [0.4, 0.5) is 10.5 Å². The van der Waals surface area contributed by atoms with Crippen molar-refractivity contribution in [1.82, 2.24) is 10.2 Å². The minimum absolute atomic E-state index is 0.272. The fourth-order valence-corrected chi connectivity index (χ4v) is 4.78. The Labute approximate surface area is 235 Å². The van der Waals surface area contributed by atoms with Crippen LogP contribution in [0.15, 0.2) is 66.7 Å². The van der Waals surface area contributed by atoms with Gasteiger partial charge in [-0.25, -0.2) is 4.79 Å². The first-order chi connectivity index (χ1) is 18.5. The number of carbonyl (C=O) groups excluding carboxylic acids is 3. The highest BCUT2D eigenvalue weighted by atomic mass is 32.2. The highest BCUT2D eigenvalue weighted by Crippen LogP contribution is 2.26. The van der Waals surface area contributed by atoms with Crippen LogP contribution >= 0.6 is 11.8 Å². The van der Waals surface area contributed by atoms with E-state index in [4.69, 9.17) is 4.74 Å². The molecule has 0 aliphatic carbocycles. The van der Waals surface area contributed by atoms with Crippen molar-refractivity contribution >= 4 is 46.1 Å². The van der Waals surface area contributed by atoms with Crippen molar-refractivity contribution < 1.29 is 19.1 Å².